The Morgan fingerprint density at radius 2 is 2.00 bits per heavy atom. The summed E-state index contributed by atoms with van der Waals surface area (Å²) in [5.74, 6) is -2.13. The van der Waals surface area contributed by atoms with Gasteiger partial charge in [0.05, 0.1) is 11.0 Å². The lowest BCUT2D eigenvalue weighted by Crippen LogP contribution is -2.35. The zero-order chi connectivity index (χ0) is 20.0. The Morgan fingerprint density at radius 3 is 2.67 bits per heavy atom. The van der Waals surface area contributed by atoms with E-state index < -0.39 is 36.2 Å². The van der Waals surface area contributed by atoms with E-state index in [0.29, 0.717) is 23.7 Å². The quantitative estimate of drug-likeness (QED) is 0.530. The first-order chi connectivity index (χ1) is 12.8. The highest BCUT2D eigenvalue weighted by molar-refractivity contribution is 8.18. The maximum Gasteiger partial charge on any atom is 0.341 e. The summed E-state index contributed by atoms with van der Waals surface area (Å²) in [7, 11) is 0. The number of hydrogen-bond acceptors (Lipinski definition) is 7. The molecule has 1 heterocycles. The summed E-state index contributed by atoms with van der Waals surface area (Å²) in [6.45, 7) is 2.58. The third kappa shape index (κ3) is 5.58. The Hall–Kier alpha value is -2.81. The zero-order valence-corrected chi connectivity index (χ0v) is 15.7. The topological polar surface area (TPSA) is 110 Å². The van der Waals surface area contributed by atoms with E-state index in [1.54, 1.807) is 31.2 Å². The van der Waals surface area contributed by atoms with Crippen LogP contribution in [0.2, 0.25) is 0 Å². The first-order valence-corrected chi connectivity index (χ1v) is 9.02. The highest BCUT2D eigenvalue weighted by atomic mass is 32.2. The van der Waals surface area contributed by atoms with E-state index in [0.717, 1.165) is 4.90 Å². The Bertz CT molecular complexity index is 790. The predicted molar refractivity (Wildman–Crippen MR) is 98.1 cm³/mol. The van der Waals surface area contributed by atoms with Crippen LogP contribution in [0.25, 0.3) is 6.08 Å². The van der Waals surface area contributed by atoms with Crippen LogP contribution in [0.1, 0.15) is 25.8 Å². The molecule has 1 atom stereocenters. The molecule has 2 rings (SSSR count). The second-order valence-corrected chi connectivity index (χ2v) is 6.69. The number of para-hydroxylation sites is 1. The number of ether oxygens (including phenoxy) is 2. The van der Waals surface area contributed by atoms with Crippen molar-refractivity contribution >= 4 is 40.9 Å². The van der Waals surface area contributed by atoms with Crippen molar-refractivity contribution in [3.8, 4) is 5.75 Å². The molecule has 1 aromatic rings. The summed E-state index contributed by atoms with van der Waals surface area (Å²) in [6.07, 6.45) is 1.76. The lowest BCUT2D eigenvalue weighted by atomic mass is 10.2. The molecule has 1 fully saturated rings. The van der Waals surface area contributed by atoms with Gasteiger partial charge in [0.2, 0.25) is 0 Å². The molecule has 0 radical (unpaired) electrons. The van der Waals surface area contributed by atoms with Gasteiger partial charge in [-0.2, -0.15) is 0 Å². The third-order valence-corrected chi connectivity index (χ3v) is 4.53. The molecular formula is C18H19NO7S. The third-order valence-electron chi connectivity index (χ3n) is 3.63. The average molecular weight is 393 g/mol. The number of carbonyl (C=O) groups excluding carboxylic acids is 3. The van der Waals surface area contributed by atoms with Crippen LogP contribution in [-0.2, 0) is 19.1 Å². The van der Waals surface area contributed by atoms with Gasteiger partial charge in [0.25, 0.3) is 11.1 Å². The van der Waals surface area contributed by atoms with E-state index >= 15 is 0 Å². The van der Waals surface area contributed by atoms with Gasteiger partial charge in [0, 0.05) is 5.56 Å². The number of carboxylic acids is 1. The lowest BCUT2D eigenvalue weighted by Gasteiger charge is -2.14. The number of aliphatic carboxylic acids is 1. The molecule has 1 N–H and O–H groups in total. The van der Waals surface area contributed by atoms with Gasteiger partial charge in [-0.3, -0.25) is 19.3 Å². The number of carboxylic acid groups (broad SMARTS) is 1. The Balaban J connectivity index is 2.14. The number of hydrogen-bond donors (Lipinski definition) is 1. The van der Waals surface area contributed by atoms with Crippen LogP contribution in [0.3, 0.4) is 0 Å². The SMILES string of the molecule is CC[C@H](C)OC(=O)CN1C(=O)S/C(=C/c2ccccc2OCC(=O)O)C1=O. The normalized spacial score (nSPS) is 16.5. The van der Waals surface area contributed by atoms with Crippen molar-refractivity contribution in [3.05, 3.63) is 34.7 Å². The molecule has 1 aliphatic rings. The van der Waals surface area contributed by atoms with Gasteiger partial charge in [0.15, 0.2) is 6.61 Å². The van der Waals surface area contributed by atoms with E-state index in [1.807, 2.05) is 6.92 Å². The molecule has 0 aliphatic carbocycles. The Morgan fingerprint density at radius 1 is 1.30 bits per heavy atom. The molecule has 1 aromatic carbocycles. The molecule has 1 saturated heterocycles. The summed E-state index contributed by atoms with van der Waals surface area (Å²) < 4.78 is 10.3. The van der Waals surface area contributed by atoms with Gasteiger partial charge in [-0.15, -0.1) is 0 Å². The largest absolute Gasteiger partial charge is 0.481 e. The summed E-state index contributed by atoms with van der Waals surface area (Å²) in [6, 6.07) is 6.53. The van der Waals surface area contributed by atoms with Crippen LogP contribution >= 0.6 is 11.8 Å². The van der Waals surface area contributed by atoms with Gasteiger partial charge >= 0.3 is 11.9 Å². The smallest absolute Gasteiger partial charge is 0.341 e. The number of benzene rings is 1. The molecule has 0 bridgehead atoms. The number of imide groups is 1. The minimum absolute atomic E-state index is 0.114. The number of rotatable bonds is 8. The summed E-state index contributed by atoms with van der Waals surface area (Å²) in [5, 5.41) is 8.16. The maximum absolute atomic E-state index is 12.5. The first kappa shape index (κ1) is 20.5. The van der Waals surface area contributed by atoms with Crippen LogP contribution in [0, 0.1) is 0 Å². The van der Waals surface area contributed by atoms with Crippen molar-refractivity contribution in [2.24, 2.45) is 0 Å². The second kappa shape index (κ2) is 9.22. The van der Waals surface area contributed by atoms with Crippen LogP contribution in [0.4, 0.5) is 4.79 Å². The minimum Gasteiger partial charge on any atom is -0.481 e. The van der Waals surface area contributed by atoms with Crippen LogP contribution < -0.4 is 4.74 Å². The highest BCUT2D eigenvalue weighted by Crippen LogP contribution is 2.33. The fourth-order valence-electron chi connectivity index (χ4n) is 2.12. The molecule has 8 nitrogen and oxygen atoms in total. The van der Waals surface area contributed by atoms with Crippen LogP contribution in [-0.4, -0.2) is 52.3 Å². The molecule has 2 amide bonds. The monoisotopic (exact) mass is 393 g/mol. The molecular weight excluding hydrogens is 374 g/mol. The van der Waals surface area contributed by atoms with Crippen molar-refractivity contribution in [3.63, 3.8) is 0 Å². The van der Waals surface area contributed by atoms with Crippen molar-refractivity contribution in [2.75, 3.05) is 13.2 Å². The molecule has 0 aromatic heterocycles. The molecule has 9 heteroatoms. The van der Waals surface area contributed by atoms with Gasteiger partial charge in [-0.1, -0.05) is 25.1 Å². The second-order valence-electron chi connectivity index (χ2n) is 5.70. The molecule has 0 spiro atoms. The number of amides is 2. The number of thioether (sulfide) groups is 1. The van der Waals surface area contributed by atoms with E-state index in [4.69, 9.17) is 14.6 Å². The molecule has 27 heavy (non-hydrogen) atoms. The molecule has 1 aliphatic heterocycles. The van der Waals surface area contributed by atoms with Crippen molar-refractivity contribution in [1.29, 1.82) is 0 Å². The minimum atomic E-state index is -1.13. The lowest BCUT2D eigenvalue weighted by molar-refractivity contribution is -0.150. The Kier molecular flexibility index (Phi) is 7.00. The fourth-order valence-corrected chi connectivity index (χ4v) is 2.95. The number of nitrogens with zero attached hydrogens (tertiary/aromatic N) is 1. The molecule has 0 unspecified atom stereocenters. The van der Waals surface area contributed by atoms with E-state index in [9.17, 15) is 19.2 Å². The standard InChI is InChI=1S/C18H19NO7S/c1-3-11(2)26-16(22)9-19-17(23)14(27-18(19)24)8-12-6-4-5-7-13(12)25-10-15(20)21/h4-8,11H,3,9-10H2,1-2H3,(H,20,21)/b14-8+/t11-/m0/s1. The van der Waals surface area contributed by atoms with Gasteiger partial charge < -0.3 is 14.6 Å². The fraction of sp³-hybridized carbons (Fsp3) is 0.333. The summed E-state index contributed by atoms with van der Waals surface area (Å²) in [5.41, 5.74) is 0.450. The van der Waals surface area contributed by atoms with E-state index in [2.05, 4.69) is 0 Å². The summed E-state index contributed by atoms with van der Waals surface area (Å²) >= 11 is 0.695. The van der Waals surface area contributed by atoms with Crippen LogP contribution in [0.5, 0.6) is 5.75 Å². The zero-order valence-electron chi connectivity index (χ0n) is 14.8. The maximum atomic E-state index is 12.5. The van der Waals surface area contributed by atoms with Gasteiger partial charge in [-0.05, 0) is 37.2 Å². The Labute approximate surface area is 160 Å². The number of carbonyl (C=O) groups is 4. The summed E-state index contributed by atoms with van der Waals surface area (Å²) in [4.78, 5) is 48.0. The predicted octanol–water partition coefficient (Wildman–Crippen LogP) is 2.53. The number of esters is 1. The van der Waals surface area contributed by atoms with E-state index in [-0.39, 0.29) is 16.8 Å². The molecule has 0 saturated carbocycles. The van der Waals surface area contributed by atoms with Crippen LogP contribution in [0.15, 0.2) is 29.2 Å². The first-order valence-electron chi connectivity index (χ1n) is 8.20. The highest BCUT2D eigenvalue weighted by Gasteiger charge is 2.37. The van der Waals surface area contributed by atoms with Crippen molar-refractivity contribution in [2.45, 2.75) is 26.4 Å². The van der Waals surface area contributed by atoms with Crippen molar-refractivity contribution < 1.29 is 33.8 Å². The van der Waals surface area contributed by atoms with Gasteiger partial charge in [-0.25, -0.2) is 4.79 Å². The van der Waals surface area contributed by atoms with Crippen molar-refractivity contribution in [1.82, 2.24) is 4.90 Å². The molecule has 144 valence electrons. The average Bonchev–Trinajstić information content (AvgIpc) is 2.88. The van der Waals surface area contributed by atoms with E-state index in [1.165, 1.54) is 6.08 Å². The van der Waals surface area contributed by atoms with Gasteiger partial charge in [0.1, 0.15) is 12.3 Å².